The van der Waals surface area contributed by atoms with Crippen LogP contribution in [0.15, 0.2) is 72.8 Å². The number of carbonyl (C=O) groups is 3. The second-order valence-corrected chi connectivity index (χ2v) is 12.9. The molecule has 0 atom stereocenters. The quantitative estimate of drug-likeness (QED) is 0.260. The minimum absolute atomic E-state index is 0. The van der Waals surface area contributed by atoms with Crippen molar-refractivity contribution in [3.8, 4) is 17.0 Å². The molecule has 0 spiro atoms. The zero-order chi connectivity index (χ0) is 33.9. The van der Waals surface area contributed by atoms with Crippen molar-refractivity contribution in [1.29, 1.82) is 0 Å². The van der Waals surface area contributed by atoms with Gasteiger partial charge in [0.2, 0.25) is 0 Å². The summed E-state index contributed by atoms with van der Waals surface area (Å²) in [5, 5.41) is 12.4. The third-order valence-electron chi connectivity index (χ3n) is 8.35. The number of anilines is 1. The van der Waals surface area contributed by atoms with Gasteiger partial charge in [0.25, 0.3) is 5.91 Å². The monoisotopic (exact) mass is 643 g/mol. The van der Waals surface area contributed by atoms with Gasteiger partial charge in [0, 0.05) is 54.9 Å². The summed E-state index contributed by atoms with van der Waals surface area (Å²) in [5.74, 6) is -0.799. The number of ether oxygens (including phenoxy) is 2. The average molecular weight is 644 g/mol. The first-order chi connectivity index (χ1) is 22.4. The van der Waals surface area contributed by atoms with Crippen LogP contribution >= 0.6 is 0 Å². The number of aromatic nitrogens is 1. The smallest absolute Gasteiger partial charge is 0.545 e. The molecule has 3 aromatic carbocycles. The third-order valence-corrected chi connectivity index (χ3v) is 8.35. The number of nitrogens with zero attached hydrogens (tertiary/aromatic N) is 3. The van der Waals surface area contributed by atoms with Crippen LogP contribution in [0.4, 0.5) is 10.5 Å². The van der Waals surface area contributed by atoms with Crippen LogP contribution in [0.3, 0.4) is 0 Å². The molecule has 0 saturated heterocycles. The number of hydrogen-bond acceptors (Lipinski definition) is 6. The topological polar surface area (TPSA) is 104 Å². The molecule has 1 aromatic heterocycles. The average Bonchev–Trinajstić information content (AvgIpc) is 3.34. The van der Waals surface area contributed by atoms with E-state index in [0.717, 1.165) is 28.8 Å². The van der Waals surface area contributed by atoms with Crippen molar-refractivity contribution in [1.82, 2.24) is 9.47 Å². The first kappa shape index (κ1) is 36.4. The maximum atomic E-state index is 14.1. The predicted molar refractivity (Wildman–Crippen MR) is 179 cm³/mol. The number of carbonyl (C=O) groups excluding carboxylic acids is 3. The van der Waals surface area contributed by atoms with Crippen LogP contribution in [0.25, 0.3) is 11.3 Å². The molecule has 4 aromatic rings. The van der Waals surface area contributed by atoms with E-state index in [-0.39, 0.29) is 36.9 Å². The summed E-state index contributed by atoms with van der Waals surface area (Å²) < 4.78 is 13.3. The number of amides is 2. The summed E-state index contributed by atoms with van der Waals surface area (Å²) in [6, 6.07) is 22.6. The molecule has 0 radical (unpaired) electrons. The standard InChI is InChI=1S/C38H43N3O6.Li/c1-7-18-41(29-13-15-30(16-14-29)46-24-26-11-9-8-10-12-26)35(42)31-22-34(39(6)25(31)2)32-20-27-17-19-40(37(45)47-38(3,4)5)23-28(27)21-33(32)36(43)44;/h8-16,20-22H,7,17-19,23-24H2,1-6H3,(H,43,44);/q;+1/p-1. The van der Waals surface area contributed by atoms with Crippen molar-refractivity contribution >= 4 is 23.7 Å². The number of aromatic carboxylic acids is 1. The van der Waals surface area contributed by atoms with Crippen LogP contribution in [0.2, 0.25) is 0 Å². The van der Waals surface area contributed by atoms with Crippen LogP contribution in [0.5, 0.6) is 5.75 Å². The van der Waals surface area contributed by atoms with Crippen LogP contribution in [-0.4, -0.2) is 46.1 Å². The predicted octanol–water partition coefficient (Wildman–Crippen LogP) is 3.30. The molecule has 0 fully saturated rings. The number of rotatable bonds is 9. The van der Waals surface area contributed by atoms with Crippen molar-refractivity contribution in [3.63, 3.8) is 0 Å². The molecular weight excluding hydrogens is 601 g/mol. The Morgan fingerprint density at radius 1 is 0.938 bits per heavy atom. The summed E-state index contributed by atoms with van der Waals surface area (Å²) in [6.07, 6.45) is 0.852. The van der Waals surface area contributed by atoms with Gasteiger partial charge in [0.1, 0.15) is 18.0 Å². The van der Waals surface area contributed by atoms with Crippen molar-refractivity contribution < 1.29 is 47.8 Å². The minimum Gasteiger partial charge on any atom is -0.545 e. The number of carboxylic acids is 1. The Morgan fingerprint density at radius 2 is 1.62 bits per heavy atom. The molecule has 1 aliphatic rings. The Labute approximate surface area is 294 Å². The van der Waals surface area contributed by atoms with Crippen molar-refractivity contribution in [2.75, 3.05) is 18.0 Å². The fourth-order valence-corrected chi connectivity index (χ4v) is 5.83. The van der Waals surface area contributed by atoms with Gasteiger partial charge in [-0.3, -0.25) is 4.79 Å². The van der Waals surface area contributed by atoms with Gasteiger partial charge in [-0.25, -0.2) is 4.79 Å². The maximum Gasteiger partial charge on any atom is 1.00 e. The van der Waals surface area contributed by atoms with Gasteiger partial charge in [-0.05, 0) is 99.7 Å². The third kappa shape index (κ3) is 8.15. The molecule has 1 aliphatic heterocycles. The van der Waals surface area contributed by atoms with E-state index in [0.29, 0.717) is 54.4 Å². The van der Waals surface area contributed by atoms with E-state index in [2.05, 4.69) is 0 Å². The summed E-state index contributed by atoms with van der Waals surface area (Å²) in [4.78, 5) is 42.6. The molecule has 2 heterocycles. The summed E-state index contributed by atoms with van der Waals surface area (Å²) in [7, 11) is 1.83. The molecule has 246 valence electrons. The minimum atomic E-state index is -1.33. The number of fused-ring (bicyclic) bond motifs is 1. The number of hydrogen-bond donors (Lipinski definition) is 0. The van der Waals surface area contributed by atoms with Crippen LogP contribution in [0, 0.1) is 6.92 Å². The van der Waals surface area contributed by atoms with E-state index in [1.165, 1.54) is 0 Å². The van der Waals surface area contributed by atoms with Gasteiger partial charge in [-0.2, -0.15) is 0 Å². The number of benzene rings is 3. The second kappa shape index (κ2) is 15.2. The molecular formula is C38H42LiN3O6. The Bertz CT molecular complexity index is 1780. The first-order valence-electron chi connectivity index (χ1n) is 16.0. The molecule has 2 amide bonds. The van der Waals surface area contributed by atoms with Gasteiger partial charge >= 0.3 is 25.0 Å². The van der Waals surface area contributed by atoms with Gasteiger partial charge in [-0.1, -0.05) is 37.3 Å². The summed E-state index contributed by atoms with van der Waals surface area (Å²) in [6.45, 7) is 10.9. The van der Waals surface area contributed by atoms with E-state index in [4.69, 9.17) is 9.47 Å². The van der Waals surface area contributed by atoms with E-state index in [1.54, 1.807) is 21.9 Å². The van der Waals surface area contributed by atoms with Gasteiger partial charge in [0.05, 0.1) is 11.5 Å². The van der Waals surface area contributed by atoms with Crippen LogP contribution in [-0.2, 0) is 31.4 Å². The van der Waals surface area contributed by atoms with E-state index < -0.39 is 17.7 Å². The molecule has 0 N–H and O–H groups in total. The molecule has 10 heteroatoms. The van der Waals surface area contributed by atoms with Crippen LogP contribution < -0.4 is 33.6 Å². The second-order valence-electron chi connectivity index (χ2n) is 12.9. The summed E-state index contributed by atoms with van der Waals surface area (Å²) >= 11 is 0. The van der Waals surface area contributed by atoms with E-state index in [9.17, 15) is 19.5 Å². The Morgan fingerprint density at radius 3 is 2.25 bits per heavy atom. The molecule has 0 aliphatic carbocycles. The number of carboxylic acid groups (broad SMARTS) is 1. The fraction of sp³-hybridized carbons (Fsp3) is 0.342. The molecule has 5 rings (SSSR count). The largest absolute Gasteiger partial charge is 1.00 e. The molecule has 0 saturated carbocycles. The Hall–Kier alpha value is -4.45. The summed E-state index contributed by atoms with van der Waals surface area (Å²) in [5.41, 5.74) is 5.13. The zero-order valence-electron chi connectivity index (χ0n) is 29.0. The van der Waals surface area contributed by atoms with Gasteiger partial charge in [-0.15, -0.1) is 0 Å². The Kier molecular flexibility index (Phi) is 11.5. The zero-order valence-corrected chi connectivity index (χ0v) is 29.0. The van der Waals surface area contributed by atoms with Crippen molar-refractivity contribution in [2.24, 2.45) is 7.05 Å². The molecule has 48 heavy (non-hydrogen) atoms. The molecule has 0 bridgehead atoms. The van der Waals surface area contributed by atoms with Crippen molar-refractivity contribution in [2.45, 2.75) is 66.2 Å². The van der Waals surface area contributed by atoms with E-state index in [1.807, 2.05) is 107 Å². The maximum absolute atomic E-state index is 14.1. The SMILES string of the molecule is CCCN(C(=O)c1cc(-c2cc3c(cc2C(=O)[O-])CN(C(=O)OC(C)(C)C)CC3)n(C)c1C)c1ccc(OCc2ccccc2)cc1.[Li+]. The van der Waals surface area contributed by atoms with Gasteiger partial charge in [0.15, 0.2) is 0 Å². The van der Waals surface area contributed by atoms with Gasteiger partial charge < -0.3 is 33.7 Å². The first-order valence-corrected chi connectivity index (χ1v) is 16.0. The van der Waals surface area contributed by atoms with E-state index >= 15 is 0 Å². The Balaban J connectivity index is 0.00000520. The molecule has 0 unspecified atom stereocenters. The normalized spacial score (nSPS) is 12.5. The molecule has 9 nitrogen and oxygen atoms in total. The van der Waals surface area contributed by atoms with Crippen molar-refractivity contribution in [3.05, 3.63) is 106 Å². The van der Waals surface area contributed by atoms with Crippen LogP contribution in [0.1, 0.15) is 77.2 Å². The fourth-order valence-electron chi connectivity index (χ4n) is 5.83.